The van der Waals surface area contributed by atoms with Gasteiger partial charge in [-0.05, 0) is 24.6 Å². The molecule has 0 aliphatic carbocycles. The molecule has 0 saturated heterocycles. The lowest BCUT2D eigenvalue weighted by atomic mass is 10.1. The van der Waals surface area contributed by atoms with Gasteiger partial charge in [0.1, 0.15) is 17.3 Å². The SMILES string of the molecule is CCC[C@H](NC(=O)NC(=O)[C@H](CS(=O)(=O)Cc1ccccc1OC)NC(=O)N(C)C)C(=O)c1nc2ccccc2o1. The van der Waals surface area contributed by atoms with E-state index >= 15 is 0 Å². The average Bonchev–Trinajstić information content (AvgIpc) is 3.36. The molecule has 220 valence electrons. The van der Waals surface area contributed by atoms with Crippen molar-refractivity contribution in [2.24, 2.45) is 0 Å². The third kappa shape index (κ3) is 8.51. The van der Waals surface area contributed by atoms with Crippen molar-refractivity contribution in [1.29, 1.82) is 0 Å². The lowest BCUT2D eigenvalue weighted by Crippen LogP contribution is -2.56. The molecule has 0 aliphatic rings. The Kier molecular flexibility index (Phi) is 10.4. The predicted octanol–water partition coefficient (Wildman–Crippen LogP) is 2.27. The summed E-state index contributed by atoms with van der Waals surface area (Å²) in [4.78, 5) is 56.5. The topological polar surface area (TPSA) is 177 Å². The molecule has 3 rings (SSSR count). The fourth-order valence-corrected chi connectivity index (χ4v) is 5.48. The molecule has 0 saturated carbocycles. The van der Waals surface area contributed by atoms with E-state index in [2.05, 4.69) is 15.6 Å². The summed E-state index contributed by atoms with van der Waals surface area (Å²) in [5.41, 5.74) is 1.24. The third-order valence-corrected chi connectivity index (χ3v) is 7.54. The van der Waals surface area contributed by atoms with Crippen LogP contribution in [0.15, 0.2) is 52.9 Å². The zero-order valence-corrected chi connectivity index (χ0v) is 24.0. The summed E-state index contributed by atoms with van der Waals surface area (Å²) < 4.78 is 36.8. The number of sulfone groups is 1. The highest BCUT2D eigenvalue weighted by Crippen LogP contribution is 2.21. The van der Waals surface area contributed by atoms with Crippen LogP contribution in [0.3, 0.4) is 0 Å². The highest BCUT2D eigenvalue weighted by Gasteiger charge is 2.31. The van der Waals surface area contributed by atoms with Gasteiger partial charge in [-0.1, -0.05) is 43.7 Å². The second-order valence-corrected chi connectivity index (χ2v) is 11.5. The Balaban J connectivity index is 1.74. The number of hydrogen-bond acceptors (Lipinski definition) is 9. The maximum absolute atomic E-state index is 13.1. The van der Waals surface area contributed by atoms with Gasteiger partial charge in [0.15, 0.2) is 15.4 Å². The minimum absolute atomic E-state index is 0.199. The Morgan fingerprint density at radius 3 is 2.34 bits per heavy atom. The van der Waals surface area contributed by atoms with Crippen molar-refractivity contribution in [3.63, 3.8) is 0 Å². The van der Waals surface area contributed by atoms with Crippen LogP contribution in [0.4, 0.5) is 9.59 Å². The predicted molar refractivity (Wildman–Crippen MR) is 150 cm³/mol. The van der Waals surface area contributed by atoms with Crippen LogP contribution in [0.25, 0.3) is 11.1 Å². The summed E-state index contributed by atoms with van der Waals surface area (Å²) in [6.45, 7) is 1.80. The minimum Gasteiger partial charge on any atom is -0.496 e. The van der Waals surface area contributed by atoms with E-state index in [1.807, 2.05) is 5.32 Å². The average molecular weight is 588 g/mol. The second kappa shape index (κ2) is 13.7. The van der Waals surface area contributed by atoms with Crippen molar-refractivity contribution in [2.75, 3.05) is 27.0 Å². The standard InChI is InChI=1S/C27H33N5O8S/c1-5-10-19(23(33)25-28-18-12-7-9-14-22(18)40-25)29-26(35)31-24(34)20(30-27(36)32(2)3)16-41(37,38)15-17-11-6-8-13-21(17)39-4/h6-9,11-14,19-20H,5,10,15-16H2,1-4H3,(H,30,36)(H2,29,31,34,35)/t19-,20-/m0/s1. The van der Waals surface area contributed by atoms with Gasteiger partial charge in [-0.2, -0.15) is 0 Å². The van der Waals surface area contributed by atoms with Gasteiger partial charge in [0.2, 0.25) is 5.78 Å². The minimum atomic E-state index is -3.99. The molecule has 0 fully saturated rings. The molecule has 3 N–H and O–H groups in total. The summed E-state index contributed by atoms with van der Waals surface area (Å²) >= 11 is 0. The Bertz CT molecular complexity index is 1490. The number of benzene rings is 2. The van der Waals surface area contributed by atoms with E-state index in [0.717, 1.165) is 4.90 Å². The molecular formula is C27H33N5O8S. The number of amides is 5. The number of ketones is 1. The number of nitrogens with one attached hydrogen (secondary N) is 3. The van der Waals surface area contributed by atoms with Gasteiger partial charge in [-0.15, -0.1) is 0 Å². The monoisotopic (exact) mass is 587 g/mol. The molecule has 1 aromatic heterocycles. The third-order valence-electron chi connectivity index (χ3n) is 5.95. The van der Waals surface area contributed by atoms with Crippen LogP contribution in [0, 0.1) is 0 Å². The van der Waals surface area contributed by atoms with Gasteiger partial charge in [0, 0.05) is 19.7 Å². The van der Waals surface area contributed by atoms with Gasteiger partial charge >= 0.3 is 12.1 Å². The van der Waals surface area contributed by atoms with Crippen molar-refractivity contribution < 1.29 is 36.7 Å². The number of hydrogen-bond donors (Lipinski definition) is 3. The molecule has 5 amide bonds. The first kappa shape index (κ1) is 31.1. The first-order chi connectivity index (χ1) is 19.4. The molecule has 41 heavy (non-hydrogen) atoms. The quantitative estimate of drug-likeness (QED) is 0.268. The molecule has 0 aliphatic heterocycles. The number of oxazole rings is 1. The van der Waals surface area contributed by atoms with Gasteiger partial charge < -0.3 is 24.7 Å². The number of nitrogens with zero attached hydrogens (tertiary/aromatic N) is 2. The van der Waals surface area contributed by atoms with Gasteiger partial charge in [-0.25, -0.2) is 23.0 Å². The molecule has 0 unspecified atom stereocenters. The van der Waals surface area contributed by atoms with Crippen molar-refractivity contribution in [2.45, 2.75) is 37.6 Å². The highest BCUT2D eigenvalue weighted by atomic mass is 32.2. The maximum Gasteiger partial charge on any atom is 0.322 e. The van der Waals surface area contributed by atoms with Crippen molar-refractivity contribution in [3.8, 4) is 5.75 Å². The van der Waals surface area contributed by atoms with E-state index in [0.29, 0.717) is 28.8 Å². The van der Waals surface area contributed by atoms with E-state index in [1.54, 1.807) is 55.5 Å². The maximum atomic E-state index is 13.1. The number of urea groups is 2. The second-order valence-electron chi connectivity index (χ2n) is 9.42. The van der Waals surface area contributed by atoms with Crippen molar-refractivity contribution in [3.05, 3.63) is 60.0 Å². The van der Waals surface area contributed by atoms with E-state index < -0.39 is 57.2 Å². The van der Waals surface area contributed by atoms with Crippen LogP contribution in [-0.2, 0) is 20.4 Å². The van der Waals surface area contributed by atoms with Gasteiger partial charge in [0.05, 0.1) is 24.7 Å². The Morgan fingerprint density at radius 1 is 1.00 bits per heavy atom. The molecule has 0 spiro atoms. The lowest BCUT2D eigenvalue weighted by molar-refractivity contribution is -0.121. The Labute approximate surface area is 237 Å². The van der Waals surface area contributed by atoms with Crippen LogP contribution in [0.1, 0.15) is 36.0 Å². The molecule has 2 atom stereocenters. The Hall–Kier alpha value is -4.46. The molecule has 0 radical (unpaired) electrons. The fraction of sp³-hybridized carbons (Fsp3) is 0.370. The molecule has 2 aromatic carbocycles. The molecule has 0 bridgehead atoms. The van der Waals surface area contributed by atoms with Crippen molar-refractivity contribution >= 4 is 44.7 Å². The van der Waals surface area contributed by atoms with Crippen LogP contribution in [0.2, 0.25) is 0 Å². The molecule has 1 heterocycles. The highest BCUT2D eigenvalue weighted by molar-refractivity contribution is 7.90. The van der Waals surface area contributed by atoms with E-state index in [4.69, 9.17) is 9.15 Å². The number of rotatable bonds is 12. The number of imide groups is 1. The zero-order chi connectivity index (χ0) is 30.2. The summed E-state index contributed by atoms with van der Waals surface area (Å²) in [5.74, 6) is -2.80. The van der Waals surface area contributed by atoms with Gasteiger partial charge in [0.25, 0.3) is 11.8 Å². The number of para-hydroxylation sites is 3. The van der Waals surface area contributed by atoms with Gasteiger partial charge in [-0.3, -0.25) is 14.9 Å². The number of carbonyl (C=O) groups is 4. The first-order valence-corrected chi connectivity index (χ1v) is 14.6. The number of Topliss-reactive ketones (excluding diaryl/α,β-unsaturated/α-hetero) is 1. The summed E-state index contributed by atoms with van der Waals surface area (Å²) in [5, 5.41) is 6.80. The lowest BCUT2D eigenvalue weighted by Gasteiger charge is -2.22. The summed E-state index contributed by atoms with van der Waals surface area (Å²) in [6, 6.07) is 8.79. The number of carbonyl (C=O) groups excluding carboxylic acids is 4. The number of methoxy groups -OCH3 is 1. The largest absolute Gasteiger partial charge is 0.496 e. The van der Waals surface area contributed by atoms with E-state index in [1.165, 1.54) is 21.2 Å². The normalized spacial score (nSPS) is 12.7. The van der Waals surface area contributed by atoms with E-state index in [-0.39, 0.29) is 12.3 Å². The van der Waals surface area contributed by atoms with Crippen LogP contribution in [-0.4, -0.2) is 81.1 Å². The van der Waals surface area contributed by atoms with Crippen molar-refractivity contribution in [1.82, 2.24) is 25.8 Å². The van der Waals surface area contributed by atoms with Crippen LogP contribution >= 0.6 is 0 Å². The van der Waals surface area contributed by atoms with Crippen LogP contribution < -0.4 is 20.7 Å². The summed E-state index contributed by atoms with van der Waals surface area (Å²) in [7, 11) is 0.228. The van der Waals surface area contributed by atoms with E-state index in [9.17, 15) is 27.6 Å². The molecule has 14 heteroatoms. The Morgan fingerprint density at radius 2 is 1.68 bits per heavy atom. The summed E-state index contributed by atoms with van der Waals surface area (Å²) in [6.07, 6.45) is 0.723. The molecule has 13 nitrogen and oxygen atoms in total. The zero-order valence-electron chi connectivity index (χ0n) is 23.2. The smallest absolute Gasteiger partial charge is 0.322 e. The molecular weight excluding hydrogens is 554 g/mol. The van der Waals surface area contributed by atoms with Crippen LogP contribution in [0.5, 0.6) is 5.75 Å². The number of fused-ring (bicyclic) bond motifs is 1. The molecule has 3 aromatic rings. The number of aromatic nitrogens is 1. The first-order valence-electron chi connectivity index (χ1n) is 12.7. The fourth-order valence-electron chi connectivity index (χ4n) is 3.91. The number of ether oxygens (including phenoxy) is 1.